The van der Waals surface area contributed by atoms with Crippen LogP contribution in [-0.2, 0) is 13.0 Å². The number of H-pyrrole nitrogens is 1. The van der Waals surface area contributed by atoms with Gasteiger partial charge in [-0.25, -0.2) is 0 Å². The molecule has 5 rings (SSSR count). The summed E-state index contributed by atoms with van der Waals surface area (Å²) < 4.78 is 2.19. The Labute approximate surface area is 150 Å². The third-order valence-corrected chi connectivity index (χ3v) is 5.11. The van der Waals surface area contributed by atoms with Gasteiger partial charge in [0.2, 0.25) is 0 Å². The Balaban J connectivity index is 1.31. The third kappa shape index (κ3) is 2.79. The summed E-state index contributed by atoms with van der Waals surface area (Å²) in [6.45, 7) is 0.971. The fourth-order valence-electron chi connectivity index (χ4n) is 3.48. The topological polar surface area (TPSA) is 88.5 Å². The van der Waals surface area contributed by atoms with Crippen LogP contribution in [0.5, 0.6) is 0 Å². The van der Waals surface area contributed by atoms with E-state index < -0.39 is 0 Å². The first-order valence-electron chi connectivity index (χ1n) is 9.17. The number of nitrogens with one attached hydrogen (secondary N) is 2. The molecular weight excluding hydrogens is 328 g/mol. The fraction of sp³-hybridized carbons (Fsp3) is 0.368. The van der Waals surface area contributed by atoms with Gasteiger partial charge in [-0.1, -0.05) is 0 Å². The second-order valence-electron chi connectivity index (χ2n) is 7.06. The molecule has 2 aromatic heterocycles. The number of fused-ring (bicyclic) bond motifs is 1. The van der Waals surface area contributed by atoms with Gasteiger partial charge in [0.05, 0.1) is 0 Å². The molecule has 0 spiro atoms. The number of aromatic nitrogens is 5. The Kier molecular flexibility index (Phi) is 3.58. The number of benzene rings is 1. The average Bonchev–Trinajstić information content (AvgIpc) is 3.24. The van der Waals surface area contributed by atoms with Crippen LogP contribution in [0.15, 0.2) is 30.3 Å². The van der Waals surface area contributed by atoms with E-state index in [0.717, 1.165) is 41.6 Å². The number of carbonyl (C=O) groups is 1. The number of hydrogen-bond donors (Lipinski definition) is 2. The Morgan fingerprint density at radius 1 is 1.15 bits per heavy atom. The van der Waals surface area contributed by atoms with E-state index in [1.165, 1.54) is 25.7 Å². The first-order chi connectivity index (χ1) is 12.8. The van der Waals surface area contributed by atoms with Crippen LogP contribution in [0.4, 0.5) is 5.69 Å². The molecule has 3 aromatic rings. The molecule has 0 radical (unpaired) electrons. The van der Waals surface area contributed by atoms with Crippen LogP contribution < -0.4 is 5.32 Å². The number of nitrogens with zero attached hydrogens (tertiary/aromatic N) is 4. The van der Waals surface area contributed by atoms with Crippen LogP contribution in [0.1, 0.15) is 53.6 Å². The number of carbonyl (C=O) groups excluding carboxylic acids is 1. The van der Waals surface area contributed by atoms with E-state index in [0.29, 0.717) is 11.6 Å². The molecule has 7 nitrogen and oxygen atoms in total. The summed E-state index contributed by atoms with van der Waals surface area (Å²) in [5.41, 5.74) is 3.25. The standard InChI is InChI=1S/C19H20N6O/c26-19(16-11-15(21-22-16)12-4-5-12)20-14-8-6-13(7-9-14)18-24-23-17-3-1-2-10-25(17)18/h6-9,11-12H,1-5,10H2,(H,20,26)(H,21,22). The van der Waals surface area contributed by atoms with Crippen molar-refractivity contribution in [3.05, 3.63) is 47.5 Å². The predicted molar refractivity (Wildman–Crippen MR) is 96.9 cm³/mol. The normalized spacial score (nSPS) is 16.3. The molecule has 1 saturated carbocycles. The van der Waals surface area contributed by atoms with Gasteiger partial charge in [-0.3, -0.25) is 9.89 Å². The summed E-state index contributed by atoms with van der Waals surface area (Å²) in [5.74, 6) is 2.32. The average molecular weight is 348 g/mol. The second kappa shape index (κ2) is 6.09. The molecule has 1 aliphatic heterocycles. The predicted octanol–water partition coefficient (Wildman–Crippen LogP) is 3.13. The molecule has 3 heterocycles. The molecule has 2 aliphatic rings. The lowest BCUT2D eigenvalue weighted by Crippen LogP contribution is -2.12. The van der Waals surface area contributed by atoms with Crippen LogP contribution in [-0.4, -0.2) is 30.9 Å². The summed E-state index contributed by atoms with van der Waals surface area (Å²) in [4.78, 5) is 12.4. The molecular formula is C19H20N6O. The largest absolute Gasteiger partial charge is 0.321 e. The van der Waals surface area contributed by atoms with Crippen LogP contribution in [0.25, 0.3) is 11.4 Å². The lowest BCUT2D eigenvalue weighted by Gasteiger charge is -2.14. The van der Waals surface area contributed by atoms with Crippen molar-refractivity contribution in [2.45, 2.75) is 44.6 Å². The van der Waals surface area contributed by atoms with Gasteiger partial charge in [0.15, 0.2) is 11.5 Å². The second-order valence-corrected chi connectivity index (χ2v) is 7.06. The van der Waals surface area contributed by atoms with E-state index in [4.69, 9.17) is 0 Å². The Morgan fingerprint density at radius 2 is 2.00 bits per heavy atom. The summed E-state index contributed by atoms with van der Waals surface area (Å²) in [5, 5.41) is 18.6. The van der Waals surface area contributed by atoms with Crippen LogP contribution in [0.3, 0.4) is 0 Å². The lowest BCUT2D eigenvalue weighted by molar-refractivity contribution is 0.102. The van der Waals surface area contributed by atoms with E-state index in [1.807, 2.05) is 30.3 Å². The molecule has 132 valence electrons. The van der Waals surface area contributed by atoms with Gasteiger partial charge in [-0.15, -0.1) is 10.2 Å². The van der Waals surface area contributed by atoms with Gasteiger partial charge < -0.3 is 9.88 Å². The van der Waals surface area contributed by atoms with Crippen molar-refractivity contribution in [3.8, 4) is 11.4 Å². The highest BCUT2D eigenvalue weighted by Gasteiger charge is 2.26. The number of aryl methyl sites for hydroxylation is 1. The van der Waals surface area contributed by atoms with Crippen LogP contribution in [0.2, 0.25) is 0 Å². The molecule has 1 fully saturated rings. The van der Waals surface area contributed by atoms with Crippen molar-refractivity contribution in [2.75, 3.05) is 5.32 Å². The highest BCUT2D eigenvalue weighted by Crippen LogP contribution is 2.39. The van der Waals surface area contributed by atoms with Gasteiger partial charge in [-0.05, 0) is 56.0 Å². The van der Waals surface area contributed by atoms with Crippen LogP contribution in [0, 0.1) is 0 Å². The quantitative estimate of drug-likeness (QED) is 0.758. The fourth-order valence-corrected chi connectivity index (χ4v) is 3.48. The number of rotatable bonds is 4. The molecule has 0 bridgehead atoms. The maximum Gasteiger partial charge on any atom is 0.276 e. The maximum atomic E-state index is 12.4. The number of anilines is 1. The first kappa shape index (κ1) is 15.3. The highest BCUT2D eigenvalue weighted by atomic mass is 16.1. The van der Waals surface area contributed by atoms with Gasteiger partial charge in [0.25, 0.3) is 5.91 Å². The van der Waals surface area contributed by atoms with Gasteiger partial charge in [-0.2, -0.15) is 5.10 Å². The smallest absolute Gasteiger partial charge is 0.276 e. The SMILES string of the molecule is O=C(Nc1ccc(-c2nnc3n2CCCC3)cc1)c1cc(C2CC2)[nH]n1. The number of hydrogen-bond acceptors (Lipinski definition) is 4. The van der Waals surface area contributed by atoms with Gasteiger partial charge in [0.1, 0.15) is 5.82 Å². The molecule has 26 heavy (non-hydrogen) atoms. The van der Waals surface area contributed by atoms with E-state index >= 15 is 0 Å². The summed E-state index contributed by atoms with van der Waals surface area (Å²) in [6, 6.07) is 9.59. The van der Waals surface area contributed by atoms with E-state index in [-0.39, 0.29) is 5.91 Å². The Hall–Kier alpha value is -2.96. The van der Waals surface area contributed by atoms with Crippen molar-refractivity contribution in [1.82, 2.24) is 25.0 Å². The van der Waals surface area contributed by atoms with Gasteiger partial charge >= 0.3 is 0 Å². The number of aromatic amines is 1. The Bertz CT molecular complexity index is 951. The zero-order valence-corrected chi connectivity index (χ0v) is 14.4. The Morgan fingerprint density at radius 3 is 2.81 bits per heavy atom. The molecule has 1 amide bonds. The van der Waals surface area contributed by atoms with E-state index in [1.54, 1.807) is 0 Å². The van der Waals surface area contributed by atoms with Gasteiger partial charge in [0, 0.05) is 35.8 Å². The van der Waals surface area contributed by atoms with Crippen molar-refractivity contribution >= 4 is 11.6 Å². The minimum absolute atomic E-state index is 0.194. The molecule has 7 heteroatoms. The summed E-state index contributed by atoms with van der Waals surface area (Å²) >= 11 is 0. The zero-order chi connectivity index (χ0) is 17.5. The molecule has 2 N–H and O–H groups in total. The number of amides is 1. The van der Waals surface area contributed by atoms with Crippen molar-refractivity contribution in [3.63, 3.8) is 0 Å². The summed E-state index contributed by atoms with van der Waals surface area (Å²) in [6.07, 6.45) is 5.69. The third-order valence-electron chi connectivity index (χ3n) is 5.11. The first-order valence-corrected chi connectivity index (χ1v) is 9.17. The zero-order valence-electron chi connectivity index (χ0n) is 14.4. The van der Waals surface area contributed by atoms with Crippen LogP contribution >= 0.6 is 0 Å². The molecule has 0 saturated heterocycles. The van der Waals surface area contributed by atoms with E-state index in [9.17, 15) is 4.79 Å². The minimum Gasteiger partial charge on any atom is -0.321 e. The maximum absolute atomic E-state index is 12.4. The van der Waals surface area contributed by atoms with Crippen molar-refractivity contribution < 1.29 is 4.79 Å². The molecule has 1 aliphatic carbocycles. The van der Waals surface area contributed by atoms with E-state index in [2.05, 4.69) is 30.3 Å². The minimum atomic E-state index is -0.194. The monoisotopic (exact) mass is 348 g/mol. The molecule has 1 aromatic carbocycles. The molecule has 0 unspecified atom stereocenters. The summed E-state index contributed by atoms with van der Waals surface area (Å²) in [7, 11) is 0. The highest BCUT2D eigenvalue weighted by molar-refractivity contribution is 6.03. The van der Waals surface area contributed by atoms with Crippen molar-refractivity contribution in [2.24, 2.45) is 0 Å². The molecule has 0 atom stereocenters. The van der Waals surface area contributed by atoms with Crippen molar-refractivity contribution in [1.29, 1.82) is 0 Å². The lowest BCUT2D eigenvalue weighted by atomic mass is 10.1.